The molecule has 2 nitrogen and oxygen atoms in total. The molecule has 0 radical (unpaired) electrons. The summed E-state index contributed by atoms with van der Waals surface area (Å²) in [5, 5.41) is 0. The Morgan fingerprint density at radius 1 is 1.70 bits per heavy atom. The fourth-order valence-electron chi connectivity index (χ4n) is 1.04. The van der Waals surface area contributed by atoms with Crippen LogP contribution in [0, 0.1) is 0 Å². The number of hydrogen-bond donors (Lipinski definition) is 0. The molecule has 1 rings (SSSR count). The van der Waals surface area contributed by atoms with Crippen molar-refractivity contribution in [1.29, 1.82) is 0 Å². The summed E-state index contributed by atoms with van der Waals surface area (Å²) < 4.78 is 10.5. The van der Waals surface area contributed by atoms with Crippen LogP contribution in [-0.4, -0.2) is 25.4 Å². The van der Waals surface area contributed by atoms with Gasteiger partial charge in [-0.1, -0.05) is 6.92 Å². The van der Waals surface area contributed by atoms with E-state index in [1.165, 1.54) is 0 Å². The summed E-state index contributed by atoms with van der Waals surface area (Å²) in [7, 11) is 1.77. The summed E-state index contributed by atoms with van der Waals surface area (Å²) in [5.41, 5.74) is 0.0428. The molecule has 0 saturated carbocycles. The van der Waals surface area contributed by atoms with E-state index < -0.39 is 0 Å². The molecule has 1 aliphatic heterocycles. The summed E-state index contributed by atoms with van der Waals surface area (Å²) in [6.07, 6.45) is 2.58. The second-order valence-electron chi connectivity index (χ2n) is 3.17. The lowest BCUT2D eigenvalue weighted by atomic mass is 9.97. The molecule has 2 heteroatoms. The molecule has 0 bridgehead atoms. The average Bonchev–Trinajstić information content (AvgIpc) is 2.72. The van der Waals surface area contributed by atoms with Gasteiger partial charge in [0.1, 0.15) is 0 Å². The Hall–Kier alpha value is -0.0800. The Bertz CT molecular complexity index is 104. The topological polar surface area (TPSA) is 21.8 Å². The summed E-state index contributed by atoms with van der Waals surface area (Å²) in [6, 6.07) is 0. The van der Waals surface area contributed by atoms with Crippen molar-refractivity contribution in [1.82, 2.24) is 0 Å². The zero-order chi connectivity index (χ0) is 7.61. The highest BCUT2D eigenvalue weighted by molar-refractivity contribution is 4.82. The van der Waals surface area contributed by atoms with E-state index in [2.05, 4.69) is 13.8 Å². The van der Waals surface area contributed by atoms with Crippen molar-refractivity contribution < 1.29 is 9.47 Å². The van der Waals surface area contributed by atoms with Crippen LogP contribution >= 0.6 is 0 Å². The maximum atomic E-state index is 5.36. The second-order valence-corrected chi connectivity index (χ2v) is 3.17. The van der Waals surface area contributed by atoms with Crippen molar-refractivity contribution >= 4 is 0 Å². The summed E-state index contributed by atoms with van der Waals surface area (Å²) in [6.45, 7) is 5.21. The van der Waals surface area contributed by atoms with Gasteiger partial charge in [-0.2, -0.15) is 0 Å². The first kappa shape index (κ1) is 8.02. The summed E-state index contributed by atoms with van der Waals surface area (Å²) in [5.74, 6) is 0. The van der Waals surface area contributed by atoms with Gasteiger partial charge in [-0.3, -0.25) is 0 Å². The molecule has 60 valence electrons. The highest BCUT2D eigenvalue weighted by Gasteiger charge is 2.32. The van der Waals surface area contributed by atoms with Gasteiger partial charge >= 0.3 is 0 Å². The van der Waals surface area contributed by atoms with Crippen molar-refractivity contribution in [2.75, 3.05) is 13.7 Å². The molecule has 0 N–H and O–H groups in total. The highest BCUT2D eigenvalue weighted by Crippen LogP contribution is 2.27. The van der Waals surface area contributed by atoms with Gasteiger partial charge in [0.15, 0.2) is 0 Å². The van der Waals surface area contributed by atoms with Crippen LogP contribution in [-0.2, 0) is 9.47 Å². The van der Waals surface area contributed by atoms with E-state index in [0.717, 1.165) is 19.4 Å². The lowest BCUT2D eigenvalue weighted by Crippen LogP contribution is -2.28. The molecule has 2 unspecified atom stereocenters. The molecule has 1 aliphatic rings. The van der Waals surface area contributed by atoms with Crippen LogP contribution in [0.25, 0.3) is 0 Å². The predicted octanol–water partition coefficient (Wildman–Crippen LogP) is 1.59. The van der Waals surface area contributed by atoms with Crippen LogP contribution in [0.4, 0.5) is 0 Å². The second kappa shape index (κ2) is 2.89. The van der Waals surface area contributed by atoms with E-state index >= 15 is 0 Å². The number of epoxide rings is 1. The first-order valence-electron chi connectivity index (χ1n) is 3.87. The van der Waals surface area contributed by atoms with Crippen molar-refractivity contribution in [3.05, 3.63) is 0 Å². The average molecular weight is 144 g/mol. The Balaban J connectivity index is 2.29. The number of hydrogen-bond acceptors (Lipinski definition) is 2. The molecule has 2 atom stereocenters. The molecule has 0 aliphatic carbocycles. The van der Waals surface area contributed by atoms with Gasteiger partial charge in [-0.05, 0) is 13.3 Å². The third-order valence-electron chi connectivity index (χ3n) is 2.30. The normalized spacial score (nSPS) is 29.7. The minimum atomic E-state index is 0.0428. The smallest absolute Gasteiger partial charge is 0.0837 e. The zero-order valence-corrected chi connectivity index (χ0v) is 7.02. The zero-order valence-electron chi connectivity index (χ0n) is 7.02. The standard InChI is InChI=1S/C8H16O2/c1-4-8(2,9-3)5-7-6-10-7/h7H,4-6H2,1-3H3. The van der Waals surface area contributed by atoms with Crippen molar-refractivity contribution in [3.63, 3.8) is 0 Å². The van der Waals surface area contributed by atoms with E-state index in [4.69, 9.17) is 9.47 Å². The molecule has 1 heterocycles. The summed E-state index contributed by atoms with van der Waals surface area (Å²) >= 11 is 0. The van der Waals surface area contributed by atoms with E-state index in [-0.39, 0.29) is 5.60 Å². The van der Waals surface area contributed by atoms with E-state index in [9.17, 15) is 0 Å². The number of methoxy groups -OCH3 is 1. The molecule has 0 aromatic carbocycles. The molecule has 0 aromatic heterocycles. The van der Waals surface area contributed by atoms with Gasteiger partial charge in [-0.15, -0.1) is 0 Å². The molecule has 10 heavy (non-hydrogen) atoms. The van der Waals surface area contributed by atoms with Crippen molar-refractivity contribution in [2.45, 2.75) is 38.4 Å². The molecular formula is C8H16O2. The molecule has 0 spiro atoms. The molecule has 0 amide bonds. The lowest BCUT2D eigenvalue weighted by Gasteiger charge is -2.25. The van der Waals surface area contributed by atoms with Crippen molar-refractivity contribution in [3.8, 4) is 0 Å². The van der Waals surface area contributed by atoms with Crippen LogP contribution in [0.5, 0.6) is 0 Å². The highest BCUT2D eigenvalue weighted by atomic mass is 16.6. The predicted molar refractivity (Wildman–Crippen MR) is 40.1 cm³/mol. The van der Waals surface area contributed by atoms with E-state index in [1.54, 1.807) is 7.11 Å². The Morgan fingerprint density at radius 2 is 2.30 bits per heavy atom. The molecule has 1 fully saturated rings. The van der Waals surface area contributed by atoms with Gasteiger partial charge in [0.05, 0.1) is 18.3 Å². The maximum absolute atomic E-state index is 5.36. The van der Waals surface area contributed by atoms with Crippen LogP contribution in [0.3, 0.4) is 0 Å². The minimum Gasteiger partial charge on any atom is -0.378 e. The van der Waals surface area contributed by atoms with Crippen LogP contribution in [0.2, 0.25) is 0 Å². The Kier molecular flexibility index (Phi) is 2.32. The Labute approximate surface area is 62.5 Å². The maximum Gasteiger partial charge on any atom is 0.0837 e. The van der Waals surface area contributed by atoms with Gasteiger partial charge in [0, 0.05) is 13.5 Å². The lowest BCUT2D eigenvalue weighted by molar-refractivity contribution is -0.00955. The largest absolute Gasteiger partial charge is 0.378 e. The summed E-state index contributed by atoms with van der Waals surface area (Å²) in [4.78, 5) is 0. The van der Waals surface area contributed by atoms with E-state index in [1.807, 2.05) is 0 Å². The van der Waals surface area contributed by atoms with Crippen LogP contribution in [0.1, 0.15) is 26.7 Å². The number of rotatable bonds is 4. The quantitative estimate of drug-likeness (QED) is 0.559. The monoisotopic (exact) mass is 144 g/mol. The van der Waals surface area contributed by atoms with Gasteiger partial charge in [0.2, 0.25) is 0 Å². The van der Waals surface area contributed by atoms with Gasteiger partial charge in [0.25, 0.3) is 0 Å². The van der Waals surface area contributed by atoms with Crippen molar-refractivity contribution in [2.24, 2.45) is 0 Å². The molecule has 1 saturated heterocycles. The van der Waals surface area contributed by atoms with Gasteiger partial charge in [-0.25, -0.2) is 0 Å². The first-order valence-corrected chi connectivity index (χ1v) is 3.87. The molecular weight excluding hydrogens is 128 g/mol. The van der Waals surface area contributed by atoms with Gasteiger partial charge < -0.3 is 9.47 Å². The third-order valence-corrected chi connectivity index (χ3v) is 2.30. The third kappa shape index (κ3) is 1.96. The van der Waals surface area contributed by atoms with Crippen LogP contribution < -0.4 is 0 Å². The minimum absolute atomic E-state index is 0.0428. The van der Waals surface area contributed by atoms with E-state index in [0.29, 0.717) is 6.10 Å². The van der Waals surface area contributed by atoms with Crippen LogP contribution in [0.15, 0.2) is 0 Å². The SMILES string of the molecule is CCC(C)(CC1CO1)OC. The fourth-order valence-corrected chi connectivity index (χ4v) is 1.04. The number of ether oxygens (including phenoxy) is 2. The Morgan fingerprint density at radius 3 is 2.60 bits per heavy atom. The fraction of sp³-hybridized carbons (Fsp3) is 1.00. The molecule has 0 aromatic rings. The first-order chi connectivity index (χ1) is 4.70.